The van der Waals surface area contributed by atoms with Crippen molar-refractivity contribution in [3.8, 4) is 0 Å². The molecule has 2 fully saturated rings. The van der Waals surface area contributed by atoms with Gasteiger partial charge >= 0.3 is 0 Å². The van der Waals surface area contributed by atoms with E-state index in [1.807, 2.05) is 6.20 Å². The molecular weight excluding hydrogens is 322 g/mol. The largest absolute Gasteiger partial charge is 0.356 e. The Kier molecular flexibility index (Phi) is 7.74. The highest BCUT2D eigenvalue weighted by atomic mass is 15.2. The van der Waals surface area contributed by atoms with Gasteiger partial charge in [0.25, 0.3) is 0 Å². The van der Waals surface area contributed by atoms with E-state index >= 15 is 0 Å². The third kappa shape index (κ3) is 5.97. The molecule has 0 aliphatic carbocycles. The molecule has 1 atom stereocenters. The Morgan fingerprint density at radius 3 is 2.77 bits per heavy atom. The molecule has 3 heterocycles. The van der Waals surface area contributed by atoms with Crippen LogP contribution in [0.2, 0.25) is 0 Å². The Bertz CT molecular complexity index is 551. The highest BCUT2D eigenvalue weighted by Gasteiger charge is 2.20. The quantitative estimate of drug-likeness (QED) is 0.745. The van der Waals surface area contributed by atoms with Crippen molar-refractivity contribution in [2.75, 3.05) is 42.9 Å². The normalized spacial score (nSPS) is 22.5. The molecule has 5 heteroatoms. The van der Waals surface area contributed by atoms with Crippen molar-refractivity contribution in [3.63, 3.8) is 0 Å². The maximum Gasteiger partial charge on any atom is 0.224 e. The van der Waals surface area contributed by atoms with Gasteiger partial charge in [0.1, 0.15) is 5.82 Å². The zero-order valence-corrected chi connectivity index (χ0v) is 16.4. The third-order valence-corrected chi connectivity index (χ3v) is 5.40. The maximum absolute atomic E-state index is 4.81. The molecule has 0 bridgehead atoms. The zero-order chi connectivity index (χ0) is 18.0. The average molecular weight is 358 g/mol. The number of hydrogen-bond donors (Lipinski definition) is 1. The molecule has 0 amide bonds. The summed E-state index contributed by atoms with van der Waals surface area (Å²) in [6.07, 6.45) is 16.6. The van der Waals surface area contributed by atoms with Crippen molar-refractivity contribution >= 4 is 11.8 Å². The van der Waals surface area contributed by atoms with E-state index in [-0.39, 0.29) is 0 Å². The number of unbranched alkanes of at least 4 members (excludes halogenated alkanes) is 1. The molecule has 0 spiro atoms. The van der Waals surface area contributed by atoms with Gasteiger partial charge in [-0.05, 0) is 44.7 Å². The molecule has 3 rings (SSSR count). The molecule has 26 heavy (non-hydrogen) atoms. The highest BCUT2D eigenvalue weighted by Crippen LogP contribution is 2.19. The van der Waals surface area contributed by atoms with Crippen LogP contribution < -0.4 is 10.2 Å². The van der Waals surface area contributed by atoms with Gasteiger partial charge in [-0.1, -0.05) is 38.3 Å². The number of piperidine rings is 1. The standard InChI is InChI=1S/C21H35N5/c1-2-3-4-7-14-25-15-10-11-19(18-25)23-21-22-13-12-20(24-21)26-16-8-5-6-9-17-26/h4,7,12-13,19H,2-3,5-6,8-11,14-18H2,1H3,(H,22,23,24). The van der Waals surface area contributed by atoms with E-state index < -0.39 is 0 Å². The number of allylic oxidation sites excluding steroid dienone is 1. The maximum atomic E-state index is 4.81. The lowest BCUT2D eigenvalue weighted by Crippen LogP contribution is -2.42. The number of nitrogens with one attached hydrogen (secondary N) is 1. The zero-order valence-electron chi connectivity index (χ0n) is 16.4. The predicted octanol–water partition coefficient (Wildman–Crippen LogP) is 4.09. The van der Waals surface area contributed by atoms with Crippen LogP contribution in [0.5, 0.6) is 0 Å². The fourth-order valence-electron chi connectivity index (χ4n) is 3.92. The number of nitrogens with zero attached hydrogens (tertiary/aromatic N) is 4. The number of rotatable bonds is 7. The Balaban J connectivity index is 1.53. The Labute approximate surface area is 158 Å². The summed E-state index contributed by atoms with van der Waals surface area (Å²) < 4.78 is 0. The molecule has 0 saturated carbocycles. The molecule has 144 valence electrons. The molecular formula is C21H35N5. The molecule has 0 radical (unpaired) electrons. The van der Waals surface area contributed by atoms with Crippen molar-refractivity contribution in [2.24, 2.45) is 0 Å². The van der Waals surface area contributed by atoms with Gasteiger partial charge < -0.3 is 10.2 Å². The molecule has 2 aliphatic heterocycles. The number of likely N-dealkylation sites (tertiary alicyclic amines) is 1. The van der Waals surface area contributed by atoms with Gasteiger partial charge in [-0.25, -0.2) is 4.98 Å². The third-order valence-electron chi connectivity index (χ3n) is 5.40. The summed E-state index contributed by atoms with van der Waals surface area (Å²) in [5.41, 5.74) is 0. The topological polar surface area (TPSA) is 44.3 Å². The van der Waals surface area contributed by atoms with E-state index in [4.69, 9.17) is 4.98 Å². The second-order valence-corrected chi connectivity index (χ2v) is 7.64. The van der Waals surface area contributed by atoms with Crippen LogP contribution in [0.3, 0.4) is 0 Å². The van der Waals surface area contributed by atoms with Crippen LogP contribution >= 0.6 is 0 Å². The first-order valence-corrected chi connectivity index (χ1v) is 10.6. The van der Waals surface area contributed by atoms with Crippen LogP contribution in [0.15, 0.2) is 24.4 Å². The molecule has 0 aromatic carbocycles. The van der Waals surface area contributed by atoms with E-state index in [1.54, 1.807) is 0 Å². The molecule has 2 aliphatic rings. The first kappa shape index (κ1) is 19.2. The Morgan fingerprint density at radius 1 is 1.12 bits per heavy atom. The van der Waals surface area contributed by atoms with Gasteiger partial charge in [-0.3, -0.25) is 4.90 Å². The number of anilines is 2. The minimum absolute atomic E-state index is 0.447. The van der Waals surface area contributed by atoms with Gasteiger partial charge in [-0.15, -0.1) is 0 Å². The summed E-state index contributed by atoms with van der Waals surface area (Å²) in [7, 11) is 0. The fraction of sp³-hybridized carbons (Fsp3) is 0.714. The van der Waals surface area contributed by atoms with Crippen molar-refractivity contribution < 1.29 is 0 Å². The van der Waals surface area contributed by atoms with Crippen molar-refractivity contribution in [3.05, 3.63) is 24.4 Å². The van der Waals surface area contributed by atoms with E-state index in [2.05, 4.69) is 45.2 Å². The SMILES string of the molecule is CCCC=CCN1CCCC(Nc2nccc(N3CCCCCC3)n2)C1. The van der Waals surface area contributed by atoms with Crippen molar-refractivity contribution in [1.82, 2.24) is 14.9 Å². The average Bonchev–Trinajstić information content (AvgIpc) is 2.95. The van der Waals surface area contributed by atoms with E-state index in [0.717, 1.165) is 37.9 Å². The van der Waals surface area contributed by atoms with Crippen molar-refractivity contribution in [2.45, 2.75) is 64.3 Å². The molecule has 1 aromatic rings. The second kappa shape index (κ2) is 10.5. The van der Waals surface area contributed by atoms with Gasteiger partial charge in [0.05, 0.1) is 0 Å². The van der Waals surface area contributed by atoms with Gasteiger partial charge in [0, 0.05) is 38.4 Å². The summed E-state index contributed by atoms with van der Waals surface area (Å²) >= 11 is 0. The van der Waals surface area contributed by atoms with Gasteiger partial charge in [-0.2, -0.15) is 4.98 Å². The Morgan fingerprint density at radius 2 is 1.96 bits per heavy atom. The molecule has 1 aromatic heterocycles. The first-order chi connectivity index (χ1) is 12.8. The summed E-state index contributed by atoms with van der Waals surface area (Å²) in [5.74, 6) is 1.87. The van der Waals surface area contributed by atoms with Crippen LogP contribution in [0, 0.1) is 0 Å². The van der Waals surface area contributed by atoms with Crippen LogP contribution in [0.25, 0.3) is 0 Å². The fourth-order valence-corrected chi connectivity index (χ4v) is 3.92. The first-order valence-electron chi connectivity index (χ1n) is 10.6. The summed E-state index contributed by atoms with van der Waals surface area (Å²) in [6, 6.07) is 2.50. The molecule has 5 nitrogen and oxygen atoms in total. The van der Waals surface area contributed by atoms with E-state index in [9.17, 15) is 0 Å². The monoisotopic (exact) mass is 357 g/mol. The Hall–Kier alpha value is -1.62. The minimum Gasteiger partial charge on any atom is -0.356 e. The summed E-state index contributed by atoms with van der Waals surface area (Å²) in [5, 5.41) is 3.59. The van der Waals surface area contributed by atoms with Crippen LogP contribution in [0.1, 0.15) is 58.3 Å². The smallest absolute Gasteiger partial charge is 0.224 e. The lowest BCUT2D eigenvalue weighted by Gasteiger charge is -2.32. The second-order valence-electron chi connectivity index (χ2n) is 7.64. The van der Waals surface area contributed by atoms with Gasteiger partial charge in [0.2, 0.25) is 5.95 Å². The predicted molar refractivity (Wildman–Crippen MR) is 110 cm³/mol. The van der Waals surface area contributed by atoms with E-state index in [0.29, 0.717) is 6.04 Å². The summed E-state index contributed by atoms with van der Waals surface area (Å²) in [4.78, 5) is 14.3. The van der Waals surface area contributed by atoms with Crippen LogP contribution in [-0.2, 0) is 0 Å². The van der Waals surface area contributed by atoms with Crippen molar-refractivity contribution in [1.29, 1.82) is 0 Å². The van der Waals surface area contributed by atoms with E-state index in [1.165, 1.54) is 57.9 Å². The lowest BCUT2D eigenvalue weighted by atomic mass is 10.1. The molecule has 2 saturated heterocycles. The van der Waals surface area contributed by atoms with Crippen LogP contribution in [0.4, 0.5) is 11.8 Å². The minimum atomic E-state index is 0.447. The molecule has 1 unspecified atom stereocenters. The number of aromatic nitrogens is 2. The summed E-state index contributed by atoms with van der Waals surface area (Å²) in [6.45, 7) is 7.81. The lowest BCUT2D eigenvalue weighted by molar-refractivity contribution is 0.237. The molecule has 1 N–H and O–H groups in total. The number of hydrogen-bond acceptors (Lipinski definition) is 5. The van der Waals surface area contributed by atoms with Crippen LogP contribution in [-0.4, -0.2) is 53.6 Å². The van der Waals surface area contributed by atoms with Gasteiger partial charge in [0.15, 0.2) is 0 Å². The highest BCUT2D eigenvalue weighted by molar-refractivity contribution is 5.43.